The Bertz CT molecular complexity index is 920. The number of amides is 2. The van der Waals surface area contributed by atoms with E-state index in [0.717, 1.165) is 12.1 Å². The Morgan fingerprint density at radius 1 is 1.04 bits per heavy atom. The molecule has 1 saturated heterocycles. The number of hydrogen-bond acceptors (Lipinski definition) is 3. The molecule has 2 aliphatic rings. The molecule has 0 saturated carbocycles. The number of pyridine rings is 1. The summed E-state index contributed by atoms with van der Waals surface area (Å²) in [6.45, 7) is 3.24. The van der Waals surface area contributed by atoms with Gasteiger partial charge < -0.3 is 14.8 Å². The third-order valence-corrected chi connectivity index (χ3v) is 5.22. The largest absolute Gasteiger partial charge is 0.338 e. The topological polar surface area (TPSA) is 71.4 Å². The second kappa shape index (κ2) is 6.44. The quantitative estimate of drug-likeness (QED) is 0.900. The minimum atomic E-state index is -0.252. The van der Waals surface area contributed by atoms with Gasteiger partial charge in [-0.25, -0.2) is 0 Å². The van der Waals surface area contributed by atoms with Gasteiger partial charge in [-0.15, -0.1) is 0 Å². The van der Waals surface area contributed by atoms with Gasteiger partial charge in [0.1, 0.15) is 5.69 Å². The predicted octanol–water partition coefficient (Wildman–Crippen LogP) is 2.07. The lowest BCUT2D eigenvalue weighted by molar-refractivity contribution is -0.114. The number of hydrogen-bond donors (Lipinski definition) is 1. The molecule has 0 radical (unpaired) electrons. The highest BCUT2D eigenvalue weighted by molar-refractivity contribution is 5.94. The van der Waals surface area contributed by atoms with Crippen molar-refractivity contribution in [2.45, 2.75) is 25.8 Å². The lowest BCUT2D eigenvalue weighted by Gasteiger charge is -2.43. The fourth-order valence-corrected chi connectivity index (χ4v) is 4.16. The Morgan fingerprint density at radius 3 is 2.54 bits per heavy atom. The molecule has 134 valence electrons. The van der Waals surface area contributed by atoms with Crippen LogP contribution in [0.25, 0.3) is 0 Å². The molecule has 0 spiro atoms. The van der Waals surface area contributed by atoms with Crippen LogP contribution >= 0.6 is 0 Å². The van der Waals surface area contributed by atoms with Crippen LogP contribution in [0.2, 0.25) is 0 Å². The first kappa shape index (κ1) is 16.6. The summed E-state index contributed by atoms with van der Waals surface area (Å²) in [6, 6.07) is 12.9. The van der Waals surface area contributed by atoms with Gasteiger partial charge in [0.15, 0.2) is 0 Å². The van der Waals surface area contributed by atoms with Crippen LogP contribution in [0.1, 0.15) is 35.3 Å². The Hall–Kier alpha value is -2.89. The van der Waals surface area contributed by atoms with E-state index in [1.807, 2.05) is 41.3 Å². The first-order chi connectivity index (χ1) is 12.5. The lowest BCUT2D eigenvalue weighted by atomic mass is 9.83. The van der Waals surface area contributed by atoms with Crippen molar-refractivity contribution < 1.29 is 9.59 Å². The zero-order valence-electron chi connectivity index (χ0n) is 14.6. The monoisotopic (exact) mass is 351 g/mol. The number of carbonyl (C=O) groups is 2. The van der Waals surface area contributed by atoms with Gasteiger partial charge in [-0.3, -0.25) is 14.4 Å². The van der Waals surface area contributed by atoms with E-state index in [4.69, 9.17) is 0 Å². The summed E-state index contributed by atoms with van der Waals surface area (Å²) >= 11 is 0. The van der Waals surface area contributed by atoms with Crippen LogP contribution in [0.4, 0.5) is 5.69 Å². The molecule has 1 N–H and O–H groups in total. The van der Waals surface area contributed by atoms with Gasteiger partial charge >= 0.3 is 0 Å². The number of likely N-dealkylation sites (tertiary alicyclic amines) is 1. The molecule has 0 aliphatic carbocycles. The van der Waals surface area contributed by atoms with Crippen molar-refractivity contribution in [1.29, 1.82) is 0 Å². The highest BCUT2D eigenvalue weighted by Crippen LogP contribution is 2.35. The van der Waals surface area contributed by atoms with E-state index in [2.05, 4.69) is 5.32 Å². The van der Waals surface area contributed by atoms with Crippen molar-refractivity contribution in [3.63, 3.8) is 0 Å². The van der Waals surface area contributed by atoms with E-state index in [0.29, 0.717) is 30.9 Å². The number of rotatable bonds is 2. The molecule has 2 aliphatic heterocycles. The van der Waals surface area contributed by atoms with Crippen molar-refractivity contribution in [3.8, 4) is 0 Å². The van der Waals surface area contributed by atoms with E-state index in [1.165, 1.54) is 6.92 Å². The summed E-state index contributed by atoms with van der Waals surface area (Å²) in [5.74, 6) is 0.192. The van der Waals surface area contributed by atoms with Gasteiger partial charge in [-0.05, 0) is 36.6 Å². The van der Waals surface area contributed by atoms with Crippen molar-refractivity contribution in [2.24, 2.45) is 5.92 Å². The Morgan fingerprint density at radius 2 is 1.81 bits per heavy atom. The SMILES string of the molecule is CC(=O)Nc1ccc2n(c1=O)C[C@@H]1C[C@@H]2CN(C(=O)c2ccccc2)C1. The molecule has 1 aromatic carbocycles. The average Bonchev–Trinajstić information content (AvgIpc) is 2.64. The molecule has 0 unspecified atom stereocenters. The smallest absolute Gasteiger partial charge is 0.274 e. The molecule has 2 aromatic rings. The summed E-state index contributed by atoms with van der Waals surface area (Å²) in [5.41, 5.74) is 1.81. The van der Waals surface area contributed by atoms with E-state index < -0.39 is 0 Å². The third-order valence-electron chi connectivity index (χ3n) is 5.22. The van der Waals surface area contributed by atoms with Gasteiger partial charge in [0, 0.05) is 43.7 Å². The molecule has 6 nitrogen and oxygen atoms in total. The van der Waals surface area contributed by atoms with E-state index in [-0.39, 0.29) is 29.2 Å². The molecule has 6 heteroatoms. The number of anilines is 1. The number of benzene rings is 1. The van der Waals surface area contributed by atoms with Gasteiger partial charge in [-0.1, -0.05) is 18.2 Å². The fourth-order valence-electron chi connectivity index (χ4n) is 4.16. The molecule has 3 heterocycles. The van der Waals surface area contributed by atoms with E-state index >= 15 is 0 Å². The van der Waals surface area contributed by atoms with Gasteiger partial charge in [-0.2, -0.15) is 0 Å². The average molecular weight is 351 g/mol. The van der Waals surface area contributed by atoms with Crippen molar-refractivity contribution in [3.05, 3.63) is 64.1 Å². The summed E-state index contributed by atoms with van der Waals surface area (Å²) in [7, 11) is 0. The Balaban J connectivity index is 1.62. The molecule has 2 atom stereocenters. The van der Waals surface area contributed by atoms with Gasteiger partial charge in [0.05, 0.1) is 0 Å². The van der Waals surface area contributed by atoms with Gasteiger partial charge in [0.25, 0.3) is 11.5 Å². The molecule has 4 rings (SSSR count). The maximum atomic E-state index is 12.8. The molecular weight excluding hydrogens is 330 g/mol. The summed E-state index contributed by atoms with van der Waals surface area (Å²) in [6.07, 6.45) is 0.984. The molecule has 2 bridgehead atoms. The summed E-state index contributed by atoms with van der Waals surface area (Å²) in [5, 5.41) is 2.60. The van der Waals surface area contributed by atoms with E-state index in [1.54, 1.807) is 10.6 Å². The fraction of sp³-hybridized carbons (Fsp3) is 0.350. The first-order valence-corrected chi connectivity index (χ1v) is 8.88. The van der Waals surface area contributed by atoms with Crippen LogP contribution in [0, 0.1) is 5.92 Å². The Labute approximate surface area is 151 Å². The maximum absolute atomic E-state index is 12.8. The van der Waals surface area contributed by atoms with Crippen LogP contribution in [0.15, 0.2) is 47.3 Å². The summed E-state index contributed by atoms with van der Waals surface area (Å²) < 4.78 is 1.77. The van der Waals surface area contributed by atoms with Crippen molar-refractivity contribution in [2.75, 3.05) is 18.4 Å². The number of aromatic nitrogens is 1. The lowest BCUT2D eigenvalue weighted by Crippen LogP contribution is -2.49. The Kier molecular flexibility index (Phi) is 4.11. The van der Waals surface area contributed by atoms with E-state index in [9.17, 15) is 14.4 Å². The van der Waals surface area contributed by atoms with Crippen LogP contribution in [-0.4, -0.2) is 34.4 Å². The highest BCUT2D eigenvalue weighted by atomic mass is 16.2. The maximum Gasteiger partial charge on any atom is 0.274 e. The van der Waals surface area contributed by atoms with Crippen LogP contribution < -0.4 is 10.9 Å². The van der Waals surface area contributed by atoms with Crippen molar-refractivity contribution >= 4 is 17.5 Å². The normalized spacial score (nSPS) is 21.0. The number of piperidine rings is 1. The molecule has 1 fully saturated rings. The minimum absolute atomic E-state index is 0.0472. The molecule has 26 heavy (non-hydrogen) atoms. The molecule has 1 aromatic heterocycles. The standard InChI is InChI=1S/C20H21N3O3/c1-13(24)21-17-7-8-18-16-9-14(11-23(18)20(17)26)10-22(12-16)19(25)15-5-3-2-4-6-15/h2-8,14,16H,9-12H2,1H3,(H,21,24)/t14-,16-/m1/s1. The van der Waals surface area contributed by atoms with Crippen LogP contribution in [-0.2, 0) is 11.3 Å². The second-order valence-electron chi connectivity index (χ2n) is 7.14. The summed E-state index contributed by atoms with van der Waals surface area (Å²) in [4.78, 5) is 38.7. The van der Waals surface area contributed by atoms with Crippen LogP contribution in [0.3, 0.4) is 0 Å². The number of nitrogens with zero attached hydrogens (tertiary/aromatic N) is 2. The second-order valence-corrected chi connectivity index (χ2v) is 7.14. The zero-order valence-corrected chi connectivity index (χ0v) is 14.6. The number of fused-ring (bicyclic) bond motifs is 4. The van der Waals surface area contributed by atoms with Crippen molar-refractivity contribution in [1.82, 2.24) is 9.47 Å². The number of nitrogens with one attached hydrogen (secondary N) is 1. The zero-order chi connectivity index (χ0) is 18.3. The van der Waals surface area contributed by atoms with Gasteiger partial charge in [0.2, 0.25) is 5.91 Å². The third kappa shape index (κ3) is 2.92. The van der Waals surface area contributed by atoms with Crippen LogP contribution in [0.5, 0.6) is 0 Å². The predicted molar refractivity (Wildman–Crippen MR) is 98.2 cm³/mol. The molecular formula is C20H21N3O3. The number of carbonyl (C=O) groups excluding carboxylic acids is 2. The highest BCUT2D eigenvalue weighted by Gasteiger charge is 2.36. The minimum Gasteiger partial charge on any atom is -0.338 e. The first-order valence-electron chi connectivity index (χ1n) is 8.88. The molecule has 2 amide bonds.